The molecule has 0 radical (unpaired) electrons. The summed E-state index contributed by atoms with van der Waals surface area (Å²) in [5.74, 6) is 0.947. The van der Waals surface area contributed by atoms with E-state index in [9.17, 15) is 5.11 Å². The zero-order valence-corrected chi connectivity index (χ0v) is 14.6. The number of methoxy groups -OCH3 is 1. The Morgan fingerprint density at radius 2 is 1.86 bits per heavy atom. The van der Waals surface area contributed by atoms with Gasteiger partial charge in [-0.1, -0.05) is 0 Å². The summed E-state index contributed by atoms with van der Waals surface area (Å²) in [6.45, 7) is 13.0. The largest absolute Gasteiger partial charge is 0.390 e. The minimum absolute atomic E-state index is 0.130. The van der Waals surface area contributed by atoms with Crippen LogP contribution in [0.5, 0.6) is 0 Å². The molecule has 0 aromatic rings. The van der Waals surface area contributed by atoms with Gasteiger partial charge in [-0.25, -0.2) is 0 Å². The van der Waals surface area contributed by atoms with E-state index in [0.29, 0.717) is 6.04 Å². The number of ether oxygens (including phenoxy) is 2. The molecular weight excluding hydrogens is 266 g/mol. The van der Waals surface area contributed by atoms with Crippen LogP contribution >= 0.6 is 0 Å². The third kappa shape index (κ3) is 3.79. The summed E-state index contributed by atoms with van der Waals surface area (Å²) in [4.78, 5) is 2.49. The van der Waals surface area contributed by atoms with Gasteiger partial charge in [-0.15, -0.1) is 0 Å². The average Bonchev–Trinajstić information content (AvgIpc) is 3.17. The number of aliphatic hydroxyl groups excluding tert-OH is 1. The summed E-state index contributed by atoms with van der Waals surface area (Å²) < 4.78 is 11.4. The van der Waals surface area contributed by atoms with E-state index >= 15 is 0 Å². The zero-order valence-electron chi connectivity index (χ0n) is 14.6. The Morgan fingerprint density at radius 1 is 1.24 bits per heavy atom. The highest BCUT2D eigenvalue weighted by Gasteiger charge is 2.53. The molecule has 2 fully saturated rings. The van der Waals surface area contributed by atoms with Crippen molar-refractivity contribution in [1.29, 1.82) is 0 Å². The summed E-state index contributed by atoms with van der Waals surface area (Å²) >= 11 is 0. The van der Waals surface area contributed by atoms with Gasteiger partial charge in [0.2, 0.25) is 0 Å². The summed E-state index contributed by atoms with van der Waals surface area (Å²) in [6, 6.07) is 0.562. The van der Waals surface area contributed by atoms with Gasteiger partial charge in [-0.2, -0.15) is 0 Å². The highest BCUT2D eigenvalue weighted by atomic mass is 16.5. The van der Waals surface area contributed by atoms with Crippen LogP contribution in [0.3, 0.4) is 0 Å². The van der Waals surface area contributed by atoms with Crippen LogP contribution in [0.4, 0.5) is 0 Å². The van der Waals surface area contributed by atoms with Crippen LogP contribution < -0.4 is 0 Å². The first-order valence-electron chi connectivity index (χ1n) is 8.30. The van der Waals surface area contributed by atoms with Crippen LogP contribution in [0.25, 0.3) is 0 Å². The Hall–Kier alpha value is -0.160. The van der Waals surface area contributed by atoms with Gasteiger partial charge in [-0.05, 0) is 53.4 Å². The lowest BCUT2D eigenvalue weighted by atomic mass is 9.84. The second-order valence-electron chi connectivity index (χ2n) is 7.93. The molecule has 124 valence electrons. The molecule has 2 aliphatic rings. The molecule has 1 N–H and O–H groups in total. The fourth-order valence-electron chi connectivity index (χ4n) is 3.80. The highest BCUT2D eigenvalue weighted by molar-refractivity contribution is 5.03. The smallest absolute Gasteiger partial charge is 0.0896 e. The van der Waals surface area contributed by atoms with E-state index < -0.39 is 11.7 Å². The third-order valence-electron chi connectivity index (χ3n) is 5.41. The Kier molecular flexibility index (Phi) is 5.04. The first-order valence-corrected chi connectivity index (χ1v) is 8.30. The molecule has 4 heteroatoms. The molecule has 2 rings (SSSR count). The molecule has 0 spiro atoms. The Morgan fingerprint density at radius 3 is 2.29 bits per heavy atom. The molecule has 0 amide bonds. The van der Waals surface area contributed by atoms with Gasteiger partial charge in [0.1, 0.15) is 0 Å². The van der Waals surface area contributed by atoms with Gasteiger partial charge in [-0.3, -0.25) is 4.90 Å². The van der Waals surface area contributed by atoms with E-state index in [2.05, 4.69) is 25.7 Å². The van der Waals surface area contributed by atoms with Crippen molar-refractivity contribution in [3.63, 3.8) is 0 Å². The zero-order chi connectivity index (χ0) is 15.8. The van der Waals surface area contributed by atoms with Crippen LogP contribution in [0, 0.1) is 11.8 Å². The van der Waals surface area contributed by atoms with Gasteiger partial charge in [0.15, 0.2) is 0 Å². The van der Waals surface area contributed by atoms with Crippen molar-refractivity contribution in [3.8, 4) is 0 Å². The Balaban J connectivity index is 2.07. The van der Waals surface area contributed by atoms with Crippen LogP contribution in [0.1, 0.15) is 47.5 Å². The van der Waals surface area contributed by atoms with Gasteiger partial charge < -0.3 is 14.6 Å². The van der Waals surface area contributed by atoms with Crippen LogP contribution in [-0.4, -0.2) is 60.2 Å². The molecule has 1 aliphatic heterocycles. The summed E-state index contributed by atoms with van der Waals surface area (Å²) in [6.07, 6.45) is 2.25. The Labute approximate surface area is 129 Å². The molecular formula is C17H33NO3. The van der Waals surface area contributed by atoms with Crippen molar-refractivity contribution in [3.05, 3.63) is 0 Å². The minimum atomic E-state index is -0.468. The molecule has 0 aromatic heterocycles. The van der Waals surface area contributed by atoms with Crippen molar-refractivity contribution in [2.75, 3.05) is 26.8 Å². The quantitative estimate of drug-likeness (QED) is 0.783. The predicted molar refractivity (Wildman–Crippen MR) is 84.4 cm³/mol. The van der Waals surface area contributed by atoms with Crippen LogP contribution in [0.2, 0.25) is 0 Å². The van der Waals surface area contributed by atoms with Crippen molar-refractivity contribution in [1.82, 2.24) is 4.90 Å². The molecule has 21 heavy (non-hydrogen) atoms. The summed E-state index contributed by atoms with van der Waals surface area (Å²) in [5.41, 5.74) is -0.762. The maximum atomic E-state index is 10.7. The van der Waals surface area contributed by atoms with Crippen molar-refractivity contribution >= 4 is 0 Å². The number of nitrogens with zero attached hydrogens (tertiary/aromatic N) is 1. The standard InChI is InChI=1S/C17H33NO3/c1-12(13-7-8-13)18(9-10-20-6)11-14-15(19)17(4,5)21-16(14,2)3/h12-15,19H,7-11H2,1-6H3. The van der Waals surface area contributed by atoms with Gasteiger partial charge in [0.25, 0.3) is 0 Å². The molecule has 4 nitrogen and oxygen atoms in total. The lowest BCUT2D eigenvalue weighted by molar-refractivity contribution is -0.0916. The maximum absolute atomic E-state index is 10.7. The van der Waals surface area contributed by atoms with E-state index in [0.717, 1.165) is 25.6 Å². The lowest BCUT2D eigenvalue weighted by Crippen LogP contribution is -2.47. The van der Waals surface area contributed by atoms with E-state index in [4.69, 9.17) is 9.47 Å². The van der Waals surface area contributed by atoms with E-state index in [1.165, 1.54) is 12.8 Å². The van der Waals surface area contributed by atoms with Crippen LogP contribution in [0.15, 0.2) is 0 Å². The fraction of sp³-hybridized carbons (Fsp3) is 1.00. The highest BCUT2D eigenvalue weighted by Crippen LogP contribution is 2.43. The first kappa shape index (κ1) is 17.2. The SMILES string of the molecule is COCCN(CC1C(O)C(C)(C)OC1(C)C)C(C)C1CC1. The third-order valence-corrected chi connectivity index (χ3v) is 5.41. The molecule has 1 saturated carbocycles. The molecule has 1 heterocycles. The second-order valence-corrected chi connectivity index (χ2v) is 7.93. The monoisotopic (exact) mass is 299 g/mol. The number of rotatable bonds is 7. The number of hydrogen-bond donors (Lipinski definition) is 1. The molecule has 1 saturated heterocycles. The fourth-order valence-corrected chi connectivity index (χ4v) is 3.80. The van der Waals surface area contributed by atoms with Crippen molar-refractivity contribution < 1.29 is 14.6 Å². The lowest BCUT2D eigenvalue weighted by Gasteiger charge is -2.36. The van der Waals surface area contributed by atoms with Crippen LogP contribution in [-0.2, 0) is 9.47 Å². The number of hydrogen-bond acceptors (Lipinski definition) is 4. The topological polar surface area (TPSA) is 41.9 Å². The first-order chi connectivity index (χ1) is 9.69. The second kappa shape index (κ2) is 6.15. The van der Waals surface area contributed by atoms with Gasteiger partial charge in [0, 0.05) is 32.2 Å². The summed E-state index contributed by atoms with van der Waals surface area (Å²) in [7, 11) is 1.75. The van der Waals surface area contributed by atoms with Gasteiger partial charge >= 0.3 is 0 Å². The van der Waals surface area contributed by atoms with Crippen molar-refractivity contribution in [2.24, 2.45) is 11.8 Å². The Bertz CT molecular complexity index is 352. The summed E-state index contributed by atoms with van der Waals surface area (Å²) in [5, 5.41) is 10.7. The molecule has 0 aromatic carbocycles. The van der Waals surface area contributed by atoms with Crippen molar-refractivity contribution in [2.45, 2.75) is 70.8 Å². The predicted octanol–water partition coefficient (Wildman–Crippen LogP) is 2.30. The molecule has 3 unspecified atom stereocenters. The molecule has 0 bridgehead atoms. The van der Waals surface area contributed by atoms with E-state index in [-0.39, 0.29) is 11.5 Å². The molecule has 1 aliphatic carbocycles. The molecule has 3 atom stereocenters. The van der Waals surface area contributed by atoms with E-state index in [1.54, 1.807) is 7.11 Å². The average molecular weight is 299 g/mol. The minimum Gasteiger partial charge on any atom is -0.390 e. The number of aliphatic hydroxyl groups is 1. The normalized spacial score (nSPS) is 32.6. The maximum Gasteiger partial charge on any atom is 0.0896 e. The van der Waals surface area contributed by atoms with Gasteiger partial charge in [0.05, 0.1) is 23.9 Å². The van der Waals surface area contributed by atoms with E-state index in [1.807, 2.05) is 13.8 Å².